The first kappa shape index (κ1) is 23.0. The maximum Gasteiger partial charge on any atom is 0.287 e. The summed E-state index contributed by atoms with van der Waals surface area (Å²) in [7, 11) is 0. The number of ether oxygens (including phenoxy) is 1. The van der Waals surface area contributed by atoms with Crippen LogP contribution in [0.3, 0.4) is 0 Å². The predicted molar refractivity (Wildman–Crippen MR) is 124 cm³/mol. The Bertz CT molecular complexity index is 1050. The molecule has 0 saturated carbocycles. The predicted octanol–water partition coefficient (Wildman–Crippen LogP) is 3.33. The number of aromatic hydroxyl groups is 1. The van der Waals surface area contributed by atoms with Crippen molar-refractivity contribution in [2.24, 2.45) is 5.73 Å². The van der Waals surface area contributed by atoms with Crippen molar-refractivity contribution in [2.45, 2.75) is 31.5 Å². The number of carbonyl (C=O) groups is 1. The van der Waals surface area contributed by atoms with E-state index < -0.39 is 6.04 Å². The smallest absolute Gasteiger partial charge is 0.287 e. The van der Waals surface area contributed by atoms with E-state index in [-0.39, 0.29) is 29.5 Å². The highest BCUT2D eigenvalue weighted by molar-refractivity contribution is 5.91. The van der Waals surface area contributed by atoms with Gasteiger partial charge in [0.25, 0.3) is 5.91 Å². The molecule has 1 aliphatic heterocycles. The number of carbonyl (C=O) groups excluding carboxylic acids is 1. The zero-order valence-electron chi connectivity index (χ0n) is 18.7. The molecule has 3 aromatic rings. The van der Waals surface area contributed by atoms with Crippen LogP contribution < -0.4 is 11.1 Å². The fourth-order valence-corrected chi connectivity index (χ4v) is 4.10. The van der Waals surface area contributed by atoms with E-state index in [0.717, 1.165) is 24.4 Å². The molecule has 1 fully saturated rings. The summed E-state index contributed by atoms with van der Waals surface area (Å²) in [4.78, 5) is 19.5. The van der Waals surface area contributed by atoms with Gasteiger partial charge in [0, 0.05) is 37.1 Å². The normalized spacial score (nSPS) is 17.3. The number of hydrogen-bond acceptors (Lipinski definition) is 7. The first-order valence-electron chi connectivity index (χ1n) is 11.2. The molecule has 0 aliphatic carbocycles. The van der Waals surface area contributed by atoms with Gasteiger partial charge in [-0.05, 0) is 43.2 Å². The number of hydrogen-bond donors (Lipinski definition) is 3. The molecule has 8 heteroatoms. The number of phenolic OH excluding ortho intramolecular Hbond substituents is 1. The Labute approximate surface area is 193 Å². The Hall–Kier alpha value is -3.20. The molecule has 4 N–H and O–H groups in total. The van der Waals surface area contributed by atoms with Crippen molar-refractivity contribution in [3.63, 3.8) is 0 Å². The molecule has 0 radical (unpaired) electrons. The first-order valence-corrected chi connectivity index (χ1v) is 11.2. The van der Waals surface area contributed by atoms with Gasteiger partial charge in [0.15, 0.2) is 5.76 Å². The van der Waals surface area contributed by atoms with Crippen molar-refractivity contribution in [1.82, 2.24) is 15.2 Å². The van der Waals surface area contributed by atoms with E-state index in [1.807, 2.05) is 24.3 Å². The highest BCUT2D eigenvalue weighted by Crippen LogP contribution is 2.31. The summed E-state index contributed by atoms with van der Waals surface area (Å²) in [6.45, 7) is 5.09. The molecule has 0 spiro atoms. The van der Waals surface area contributed by atoms with Crippen LogP contribution in [0.5, 0.6) is 5.75 Å². The number of amides is 1. The first-order chi connectivity index (χ1) is 16.0. The third-order valence-corrected chi connectivity index (χ3v) is 6.08. The minimum atomic E-state index is -0.515. The van der Waals surface area contributed by atoms with Crippen molar-refractivity contribution in [2.75, 3.05) is 26.3 Å². The second-order valence-electron chi connectivity index (χ2n) is 8.24. The van der Waals surface area contributed by atoms with E-state index in [0.29, 0.717) is 25.2 Å². The average Bonchev–Trinajstić information content (AvgIpc) is 3.35. The molecule has 3 unspecified atom stereocenters. The van der Waals surface area contributed by atoms with Crippen LogP contribution in [0.4, 0.5) is 0 Å². The quantitative estimate of drug-likeness (QED) is 0.482. The number of morpholine rings is 1. The van der Waals surface area contributed by atoms with Crippen LogP contribution in [-0.2, 0) is 4.74 Å². The fourth-order valence-electron chi connectivity index (χ4n) is 4.10. The average molecular weight is 451 g/mol. The maximum absolute atomic E-state index is 13.1. The number of para-hydroxylation sites is 1. The summed E-state index contributed by atoms with van der Waals surface area (Å²) in [6, 6.07) is 13.3. The van der Waals surface area contributed by atoms with Crippen LogP contribution in [0.1, 0.15) is 58.9 Å². The highest BCUT2D eigenvalue weighted by Gasteiger charge is 2.25. The molecule has 2 aromatic heterocycles. The number of aromatic nitrogens is 1. The lowest BCUT2D eigenvalue weighted by Crippen LogP contribution is -2.37. The van der Waals surface area contributed by atoms with Gasteiger partial charge in [0.05, 0.1) is 25.3 Å². The Balaban J connectivity index is 1.50. The molecule has 3 atom stereocenters. The molecule has 0 bridgehead atoms. The Morgan fingerprint density at radius 1 is 1.18 bits per heavy atom. The number of furan rings is 1. The Kier molecular flexibility index (Phi) is 7.39. The largest absolute Gasteiger partial charge is 0.508 e. The lowest BCUT2D eigenvalue weighted by molar-refractivity contribution is 0.0155. The number of rotatable bonds is 8. The van der Waals surface area contributed by atoms with E-state index in [4.69, 9.17) is 14.9 Å². The van der Waals surface area contributed by atoms with Gasteiger partial charge in [-0.1, -0.05) is 24.3 Å². The Morgan fingerprint density at radius 3 is 2.70 bits per heavy atom. The molecule has 3 heterocycles. The molecule has 1 aliphatic rings. The third kappa shape index (κ3) is 5.60. The number of nitrogens with two attached hydrogens (primary N) is 1. The van der Waals surface area contributed by atoms with Crippen LogP contribution in [0, 0.1) is 0 Å². The van der Waals surface area contributed by atoms with Crippen LogP contribution >= 0.6 is 0 Å². The SMILES string of the molecule is CC(c1ccc(C(=O)NC(CC(N)c2cccnc2)c2ccccc2O)o1)N1CCOCC1. The van der Waals surface area contributed by atoms with Gasteiger partial charge in [-0.15, -0.1) is 0 Å². The van der Waals surface area contributed by atoms with Crippen molar-refractivity contribution >= 4 is 5.91 Å². The van der Waals surface area contributed by atoms with E-state index >= 15 is 0 Å². The van der Waals surface area contributed by atoms with Gasteiger partial charge in [0.1, 0.15) is 11.5 Å². The second kappa shape index (κ2) is 10.6. The topological polar surface area (TPSA) is 114 Å². The van der Waals surface area contributed by atoms with Gasteiger partial charge in [-0.2, -0.15) is 0 Å². The zero-order valence-corrected chi connectivity index (χ0v) is 18.7. The maximum atomic E-state index is 13.1. The van der Waals surface area contributed by atoms with Gasteiger partial charge >= 0.3 is 0 Å². The highest BCUT2D eigenvalue weighted by atomic mass is 16.5. The van der Waals surface area contributed by atoms with E-state index in [1.54, 1.807) is 36.7 Å². The molecular weight excluding hydrogens is 420 g/mol. The van der Waals surface area contributed by atoms with E-state index in [2.05, 4.69) is 22.1 Å². The second-order valence-corrected chi connectivity index (χ2v) is 8.24. The molecular formula is C25H30N4O4. The van der Waals surface area contributed by atoms with Gasteiger partial charge in [-0.25, -0.2) is 0 Å². The number of nitrogens with one attached hydrogen (secondary N) is 1. The zero-order chi connectivity index (χ0) is 23.2. The standard InChI is InChI=1S/C25H30N4O4/c1-17(29-11-13-32-14-12-29)23-8-9-24(33-23)25(31)28-21(19-6-2-3-7-22(19)30)15-20(26)18-5-4-10-27-16-18/h2-10,16-17,20-21,30H,11-15,26H2,1H3,(H,28,31). The third-order valence-electron chi connectivity index (χ3n) is 6.08. The van der Waals surface area contributed by atoms with Crippen molar-refractivity contribution in [1.29, 1.82) is 0 Å². The van der Waals surface area contributed by atoms with Gasteiger partial charge < -0.3 is 25.3 Å². The molecule has 8 nitrogen and oxygen atoms in total. The van der Waals surface area contributed by atoms with Crippen molar-refractivity contribution < 1.29 is 19.1 Å². The molecule has 1 aromatic carbocycles. The van der Waals surface area contributed by atoms with E-state index in [9.17, 15) is 9.90 Å². The summed E-state index contributed by atoms with van der Waals surface area (Å²) < 4.78 is 11.3. The fraction of sp³-hybridized carbons (Fsp3) is 0.360. The van der Waals surface area contributed by atoms with E-state index in [1.165, 1.54) is 0 Å². The number of benzene rings is 1. The lowest BCUT2D eigenvalue weighted by Gasteiger charge is -2.31. The van der Waals surface area contributed by atoms with Gasteiger partial charge in [-0.3, -0.25) is 14.7 Å². The monoisotopic (exact) mass is 450 g/mol. The molecule has 1 amide bonds. The molecule has 33 heavy (non-hydrogen) atoms. The molecule has 174 valence electrons. The van der Waals surface area contributed by atoms with Crippen molar-refractivity contribution in [3.8, 4) is 5.75 Å². The minimum Gasteiger partial charge on any atom is -0.508 e. The summed E-state index contributed by atoms with van der Waals surface area (Å²) in [5.41, 5.74) is 7.86. The molecule has 1 saturated heterocycles. The van der Waals surface area contributed by atoms with Gasteiger partial charge in [0.2, 0.25) is 0 Å². The van der Waals surface area contributed by atoms with Crippen molar-refractivity contribution in [3.05, 3.63) is 83.6 Å². The van der Waals surface area contributed by atoms with Crippen LogP contribution in [0.2, 0.25) is 0 Å². The molecule has 4 rings (SSSR count). The number of nitrogens with zero attached hydrogens (tertiary/aromatic N) is 2. The van der Waals surface area contributed by atoms with Crippen LogP contribution in [0.25, 0.3) is 0 Å². The summed E-state index contributed by atoms with van der Waals surface area (Å²) in [5.74, 6) is 0.693. The van der Waals surface area contributed by atoms with Crippen LogP contribution in [-0.4, -0.2) is 47.2 Å². The Morgan fingerprint density at radius 2 is 1.97 bits per heavy atom. The number of phenols is 1. The summed E-state index contributed by atoms with van der Waals surface area (Å²) >= 11 is 0. The summed E-state index contributed by atoms with van der Waals surface area (Å²) in [6.07, 6.45) is 3.78. The van der Waals surface area contributed by atoms with Crippen LogP contribution in [0.15, 0.2) is 65.3 Å². The minimum absolute atomic E-state index is 0.0448. The summed E-state index contributed by atoms with van der Waals surface area (Å²) in [5, 5.41) is 13.4. The lowest BCUT2D eigenvalue weighted by atomic mass is 9.95. The number of pyridine rings is 1.